The SMILES string of the molecule is Cc1ccccc1N1C(C(C)(C)C)N2c3ccccc3C(c3ccccc3)(c3ccccc3)C2[C@@H]1C. The topological polar surface area (TPSA) is 6.48 Å². The van der Waals surface area contributed by atoms with Crippen LogP contribution in [-0.2, 0) is 5.41 Å². The zero-order valence-electron chi connectivity index (χ0n) is 22.0. The highest BCUT2D eigenvalue weighted by Crippen LogP contribution is 2.60. The number of hydrogen-bond donors (Lipinski definition) is 0. The summed E-state index contributed by atoms with van der Waals surface area (Å²) in [4.78, 5) is 5.49. The Hall–Kier alpha value is -3.52. The van der Waals surface area contributed by atoms with Gasteiger partial charge in [0.1, 0.15) is 6.17 Å². The van der Waals surface area contributed by atoms with Crippen LogP contribution in [0.25, 0.3) is 0 Å². The first-order chi connectivity index (χ1) is 17.4. The van der Waals surface area contributed by atoms with Crippen LogP contribution >= 0.6 is 0 Å². The van der Waals surface area contributed by atoms with E-state index in [0.717, 1.165) is 0 Å². The van der Waals surface area contributed by atoms with Crippen molar-refractivity contribution in [3.05, 3.63) is 131 Å². The van der Waals surface area contributed by atoms with Crippen molar-refractivity contribution < 1.29 is 0 Å². The smallest absolute Gasteiger partial charge is 0.107 e. The van der Waals surface area contributed by atoms with Crippen molar-refractivity contribution >= 4 is 11.4 Å². The lowest BCUT2D eigenvalue weighted by atomic mass is 9.65. The molecule has 36 heavy (non-hydrogen) atoms. The summed E-state index contributed by atoms with van der Waals surface area (Å²) in [6.45, 7) is 11.9. The van der Waals surface area contributed by atoms with Gasteiger partial charge in [-0.2, -0.15) is 0 Å². The van der Waals surface area contributed by atoms with Crippen LogP contribution in [0.15, 0.2) is 109 Å². The largest absolute Gasteiger partial charge is 0.346 e. The Balaban J connectivity index is 1.71. The van der Waals surface area contributed by atoms with E-state index in [9.17, 15) is 0 Å². The van der Waals surface area contributed by atoms with E-state index >= 15 is 0 Å². The molecule has 2 heterocycles. The van der Waals surface area contributed by atoms with Crippen molar-refractivity contribution in [3.8, 4) is 0 Å². The highest BCUT2D eigenvalue weighted by atomic mass is 15.5. The third-order valence-corrected chi connectivity index (χ3v) is 8.40. The normalized spacial score (nSPS) is 22.4. The number of nitrogens with zero attached hydrogens (tertiary/aromatic N) is 2. The van der Waals surface area contributed by atoms with Gasteiger partial charge in [0, 0.05) is 16.8 Å². The lowest BCUT2D eigenvalue weighted by molar-refractivity contribution is 0.316. The highest BCUT2D eigenvalue weighted by Gasteiger charge is 2.63. The minimum atomic E-state index is -0.278. The van der Waals surface area contributed by atoms with Crippen molar-refractivity contribution in [1.82, 2.24) is 0 Å². The summed E-state index contributed by atoms with van der Waals surface area (Å²) < 4.78 is 0. The van der Waals surface area contributed by atoms with Gasteiger partial charge in [-0.1, -0.05) is 118 Å². The second kappa shape index (κ2) is 8.27. The molecular weight excluding hydrogens is 436 g/mol. The van der Waals surface area contributed by atoms with Crippen molar-refractivity contribution in [1.29, 1.82) is 0 Å². The van der Waals surface area contributed by atoms with Crippen molar-refractivity contribution in [2.24, 2.45) is 5.41 Å². The Labute approximate surface area is 216 Å². The van der Waals surface area contributed by atoms with Crippen LogP contribution < -0.4 is 9.80 Å². The van der Waals surface area contributed by atoms with Gasteiger partial charge >= 0.3 is 0 Å². The summed E-state index contributed by atoms with van der Waals surface area (Å²) in [5.74, 6) is 0. The van der Waals surface area contributed by atoms with Gasteiger partial charge in [-0.05, 0) is 48.2 Å². The maximum atomic E-state index is 2.77. The molecule has 0 amide bonds. The average Bonchev–Trinajstić information content (AvgIpc) is 3.36. The fourth-order valence-electron chi connectivity index (χ4n) is 7.20. The predicted molar refractivity (Wildman–Crippen MR) is 152 cm³/mol. The summed E-state index contributed by atoms with van der Waals surface area (Å²) >= 11 is 0. The summed E-state index contributed by atoms with van der Waals surface area (Å²) in [5, 5.41) is 0. The van der Waals surface area contributed by atoms with E-state index in [2.05, 4.69) is 154 Å². The lowest BCUT2D eigenvalue weighted by Gasteiger charge is -2.42. The molecule has 2 aliphatic heterocycles. The maximum Gasteiger partial charge on any atom is 0.107 e. The van der Waals surface area contributed by atoms with Gasteiger partial charge in [0.05, 0.1) is 17.5 Å². The molecule has 0 bridgehead atoms. The lowest BCUT2D eigenvalue weighted by Crippen LogP contribution is -2.50. The number of hydrogen-bond acceptors (Lipinski definition) is 2. The molecule has 0 spiro atoms. The second-order valence-corrected chi connectivity index (χ2v) is 11.6. The van der Waals surface area contributed by atoms with Crippen molar-refractivity contribution in [2.75, 3.05) is 9.80 Å². The van der Waals surface area contributed by atoms with Crippen molar-refractivity contribution in [3.63, 3.8) is 0 Å². The Bertz CT molecular complexity index is 1330. The molecule has 0 N–H and O–H groups in total. The molecule has 2 nitrogen and oxygen atoms in total. The number of para-hydroxylation sites is 2. The van der Waals surface area contributed by atoms with E-state index in [0.29, 0.717) is 0 Å². The second-order valence-electron chi connectivity index (χ2n) is 11.6. The molecule has 0 radical (unpaired) electrons. The van der Waals surface area contributed by atoms with Crippen LogP contribution in [0.2, 0.25) is 0 Å². The molecule has 2 unspecified atom stereocenters. The molecule has 1 fully saturated rings. The third-order valence-electron chi connectivity index (χ3n) is 8.40. The quantitative estimate of drug-likeness (QED) is 0.300. The van der Waals surface area contributed by atoms with Crippen LogP contribution in [0.5, 0.6) is 0 Å². The molecule has 6 rings (SSSR count). The molecule has 0 aliphatic carbocycles. The summed E-state index contributed by atoms with van der Waals surface area (Å²) in [6, 6.07) is 41.0. The first-order valence-electron chi connectivity index (χ1n) is 13.2. The summed E-state index contributed by atoms with van der Waals surface area (Å²) in [6.07, 6.45) is 0.217. The minimum Gasteiger partial charge on any atom is -0.346 e. The fraction of sp³-hybridized carbons (Fsp3) is 0.294. The van der Waals surface area contributed by atoms with Crippen LogP contribution in [0, 0.1) is 12.3 Å². The maximum absolute atomic E-state index is 2.77. The minimum absolute atomic E-state index is 0.0296. The molecule has 4 aromatic carbocycles. The van der Waals surface area contributed by atoms with Crippen molar-refractivity contribution in [2.45, 2.75) is 58.3 Å². The molecule has 1 saturated heterocycles. The third kappa shape index (κ3) is 3.10. The van der Waals surface area contributed by atoms with Gasteiger partial charge in [0.25, 0.3) is 0 Å². The van der Waals surface area contributed by atoms with Gasteiger partial charge in [-0.25, -0.2) is 0 Å². The van der Waals surface area contributed by atoms with Gasteiger partial charge in [-0.15, -0.1) is 0 Å². The summed E-state index contributed by atoms with van der Waals surface area (Å²) in [7, 11) is 0. The molecule has 2 heteroatoms. The highest BCUT2D eigenvalue weighted by molar-refractivity contribution is 5.77. The average molecular weight is 473 g/mol. The number of rotatable bonds is 3. The van der Waals surface area contributed by atoms with E-state index < -0.39 is 0 Å². The van der Waals surface area contributed by atoms with Crippen LogP contribution in [-0.4, -0.2) is 18.2 Å². The molecule has 182 valence electrons. The van der Waals surface area contributed by atoms with Crippen LogP contribution in [0.4, 0.5) is 11.4 Å². The molecule has 4 aromatic rings. The van der Waals surface area contributed by atoms with Gasteiger partial charge in [0.2, 0.25) is 0 Å². The Kier molecular flexibility index (Phi) is 5.26. The predicted octanol–water partition coefficient (Wildman–Crippen LogP) is 7.80. The molecule has 0 aromatic heterocycles. The zero-order valence-corrected chi connectivity index (χ0v) is 22.0. The first-order valence-corrected chi connectivity index (χ1v) is 13.2. The van der Waals surface area contributed by atoms with E-state index in [1.54, 1.807) is 0 Å². The van der Waals surface area contributed by atoms with Gasteiger partial charge < -0.3 is 9.80 Å². The van der Waals surface area contributed by atoms with Gasteiger partial charge in [0.15, 0.2) is 0 Å². The Morgan fingerprint density at radius 3 is 1.67 bits per heavy atom. The monoisotopic (exact) mass is 472 g/mol. The number of anilines is 2. The van der Waals surface area contributed by atoms with Crippen LogP contribution in [0.1, 0.15) is 49.9 Å². The van der Waals surface area contributed by atoms with Gasteiger partial charge in [-0.3, -0.25) is 0 Å². The molecular formula is C34H36N2. The van der Waals surface area contributed by atoms with E-state index in [-0.39, 0.29) is 29.1 Å². The number of benzene rings is 4. The Morgan fingerprint density at radius 2 is 1.11 bits per heavy atom. The van der Waals surface area contributed by atoms with Crippen LogP contribution in [0.3, 0.4) is 0 Å². The summed E-state index contributed by atoms with van der Waals surface area (Å²) in [5.41, 5.74) is 7.92. The molecule has 2 aliphatic rings. The Morgan fingerprint density at radius 1 is 0.611 bits per heavy atom. The first kappa shape index (κ1) is 22.9. The van der Waals surface area contributed by atoms with E-state index in [1.807, 2.05) is 0 Å². The fourth-order valence-corrected chi connectivity index (χ4v) is 7.20. The number of fused-ring (bicyclic) bond motifs is 3. The van der Waals surface area contributed by atoms with E-state index in [1.165, 1.54) is 33.6 Å². The number of aryl methyl sites for hydroxylation is 1. The molecule has 3 atom stereocenters. The zero-order chi connectivity index (χ0) is 25.1. The standard InChI is InChI=1S/C34H36N2/c1-24-16-12-14-22-29(24)35-25(2)31-34(26-17-8-6-9-18-26,27-19-10-7-11-20-27)28-21-13-15-23-30(28)36(31)32(35)33(3,4)5/h6-23,25,31-32H,1-5H3/t25-,31?,32?/m0/s1. The van der Waals surface area contributed by atoms with E-state index in [4.69, 9.17) is 0 Å². The molecule has 0 saturated carbocycles.